The van der Waals surface area contributed by atoms with Crippen LogP contribution in [0.4, 0.5) is 5.82 Å². The molecule has 2 nitrogen and oxygen atoms in total. The lowest BCUT2D eigenvalue weighted by molar-refractivity contribution is 0.327. The van der Waals surface area contributed by atoms with Crippen molar-refractivity contribution in [2.45, 2.75) is 45.1 Å². The van der Waals surface area contributed by atoms with Crippen LogP contribution in [0.1, 0.15) is 39.0 Å². The number of hydrogen-bond donors (Lipinski definition) is 1. The minimum Gasteiger partial charge on any atom is -0.367 e. The molecule has 1 fully saturated rings. The normalized spacial score (nSPS) is 22.9. The molecule has 0 spiro atoms. The third kappa shape index (κ3) is 2.83. The number of halogens is 1. The Balaban J connectivity index is 1.86. The maximum absolute atomic E-state index is 4.56. The van der Waals surface area contributed by atoms with Gasteiger partial charge in [-0.2, -0.15) is 0 Å². The maximum Gasteiger partial charge on any atom is 0.134 e. The van der Waals surface area contributed by atoms with Crippen molar-refractivity contribution < 1.29 is 0 Å². The maximum atomic E-state index is 4.56. The lowest BCUT2D eigenvalue weighted by Crippen LogP contribution is -2.27. The van der Waals surface area contributed by atoms with E-state index in [0.29, 0.717) is 6.04 Å². The SMILES string of the molecule is CCC1CCCC(Nc2nccc3c(Br)cccc23)C1. The van der Waals surface area contributed by atoms with Gasteiger partial charge in [0, 0.05) is 27.5 Å². The van der Waals surface area contributed by atoms with Gasteiger partial charge < -0.3 is 5.32 Å². The van der Waals surface area contributed by atoms with Crippen molar-refractivity contribution in [1.82, 2.24) is 4.98 Å². The van der Waals surface area contributed by atoms with E-state index < -0.39 is 0 Å². The minimum absolute atomic E-state index is 0.575. The van der Waals surface area contributed by atoms with Crippen LogP contribution < -0.4 is 5.32 Å². The molecule has 0 aliphatic heterocycles. The van der Waals surface area contributed by atoms with Crippen molar-refractivity contribution in [3.63, 3.8) is 0 Å². The van der Waals surface area contributed by atoms with Crippen LogP contribution in [-0.4, -0.2) is 11.0 Å². The van der Waals surface area contributed by atoms with Crippen molar-refractivity contribution in [3.05, 3.63) is 34.9 Å². The number of nitrogens with zero attached hydrogens (tertiary/aromatic N) is 1. The van der Waals surface area contributed by atoms with Crippen LogP contribution in [-0.2, 0) is 0 Å². The Morgan fingerprint density at radius 2 is 2.15 bits per heavy atom. The second-order valence-corrected chi connectivity index (χ2v) is 6.63. The molecule has 1 heterocycles. The van der Waals surface area contributed by atoms with Gasteiger partial charge in [0.25, 0.3) is 0 Å². The first-order valence-corrected chi connectivity index (χ1v) is 8.37. The molecule has 1 aromatic heterocycles. The largest absolute Gasteiger partial charge is 0.367 e. The van der Waals surface area contributed by atoms with Gasteiger partial charge in [0.2, 0.25) is 0 Å². The quantitative estimate of drug-likeness (QED) is 0.816. The molecule has 1 N–H and O–H groups in total. The van der Waals surface area contributed by atoms with Crippen molar-refractivity contribution in [2.24, 2.45) is 5.92 Å². The monoisotopic (exact) mass is 332 g/mol. The van der Waals surface area contributed by atoms with Crippen LogP contribution in [0, 0.1) is 5.92 Å². The zero-order valence-corrected chi connectivity index (χ0v) is 13.5. The van der Waals surface area contributed by atoms with Gasteiger partial charge in [0.1, 0.15) is 5.82 Å². The summed E-state index contributed by atoms with van der Waals surface area (Å²) in [5, 5.41) is 6.12. The standard InChI is InChI=1S/C17H21BrN2/c1-2-12-5-3-6-13(11-12)20-17-15-7-4-8-16(18)14(15)9-10-19-17/h4,7-10,12-13H,2-3,5-6,11H2,1H3,(H,19,20). The second-order valence-electron chi connectivity index (χ2n) is 5.78. The van der Waals surface area contributed by atoms with Crippen LogP contribution in [0.25, 0.3) is 10.8 Å². The van der Waals surface area contributed by atoms with Gasteiger partial charge in [-0.3, -0.25) is 0 Å². The zero-order chi connectivity index (χ0) is 13.9. The van der Waals surface area contributed by atoms with Crippen molar-refractivity contribution in [1.29, 1.82) is 0 Å². The first-order valence-electron chi connectivity index (χ1n) is 7.57. The van der Waals surface area contributed by atoms with Crippen molar-refractivity contribution >= 4 is 32.5 Å². The fourth-order valence-corrected chi connectivity index (χ4v) is 3.77. The summed E-state index contributed by atoms with van der Waals surface area (Å²) < 4.78 is 1.13. The second kappa shape index (κ2) is 6.13. The first kappa shape index (κ1) is 13.9. The van der Waals surface area contributed by atoms with Crippen LogP contribution in [0.2, 0.25) is 0 Å². The molecule has 1 aliphatic rings. The van der Waals surface area contributed by atoms with Crippen LogP contribution >= 0.6 is 15.9 Å². The number of anilines is 1. The molecule has 3 rings (SSSR count). The van der Waals surface area contributed by atoms with E-state index in [2.05, 4.69) is 57.4 Å². The van der Waals surface area contributed by atoms with Gasteiger partial charge in [-0.15, -0.1) is 0 Å². The van der Waals surface area contributed by atoms with Gasteiger partial charge >= 0.3 is 0 Å². The Morgan fingerprint density at radius 3 is 3.00 bits per heavy atom. The molecule has 0 radical (unpaired) electrons. The summed E-state index contributed by atoms with van der Waals surface area (Å²) in [6.45, 7) is 2.31. The Kier molecular flexibility index (Phi) is 4.25. The third-order valence-corrected chi connectivity index (χ3v) is 5.15. The molecule has 20 heavy (non-hydrogen) atoms. The molecule has 2 atom stereocenters. The average Bonchev–Trinajstić information content (AvgIpc) is 2.49. The van der Waals surface area contributed by atoms with E-state index >= 15 is 0 Å². The van der Waals surface area contributed by atoms with E-state index in [1.165, 1.54) is 42.9 Å². The molecule has 1 aliphatic carbocycles. The highest BCUT2D eigenvalue weighted by atomic mass is 79.9. The first-order chi connectivity index (χ1) is 9.78. The molecule has 2 aromatic rings. The Labute approximate surface area is 129 Å². The van der Waals surface area contributed by atoms with Gasteiger partial charge in [-0.1, -0.05) is 54.2 Å². The van der Waals surface area contributed by atoms with Gasteiger partial charge in [-0.25, -0.2) is 4.98 Å². The van der Waals surface area contributed by atoms with Crippen molar-refractivity contribution in [2.75, 3.05) is 5.32 Å². The number of benzene rings is 1. The predicted molar refractivity (Wildman–Crippen MR) is 89.1 cm³/mol. The third-order valence-electron chi connectivity index (χ3n) is 4.45. The van der Waals surface area contributed by atoms with E-state index in [1.807, 2.05) is 6.20 Å². The predicted octanol–water partition coefficient (Wildman–Crippen LogP) is 5.38. The number of pyridine rings is 1. The summed E-state index contributed by atoms with van der Waals surface area (Å²) in [4.78, 5) is 4.56. The van der Waals surface area contributed by atoms with E-state index in [0.717, 1.165) is 16.2 Å². The lowest BCUT2D eigenvalue weighted by atomic mass is 9.84. The number of aromatic nitrogens is 1. The number of nitrogens with one attached hydrogen (secondary N) is 1. The number of fused-ring (bicyclic) bond motifs is 1. The van der Waals surface area contributed by atoms with E-state index in [9.17, 15) is 0 Å². The summed E-state index contributed by atoms with van der Waals surface area (Å²) in [5.41, 5.74) is 0. The van der Waals surface area contributed by atoms with E-state index in [1.54, 1.807) is 0 Å². The lowest BCUT2D eigenvalue weighted by Gasteiger charge is -2.29. The summed E-state index contributed by atoms with van der Waals surface area (Å²) in [6.07, 6.45) is 8.47. The molecule has 2 unspecified atom stereocenters. The molecular formula is C17H21BrN2. The molecular weight excluding hydrogens is 312 g/mol. The zero-order valence-electron chi connectivity index (χ0n) is 11.9. The molecule has 1 saturated carbocycles. The molecule has 3 heteroatoms. The molecule has 0 amide bonds. The smallest absolute Gasteiger partial charge is 0.134 e. The fraction of sp³-hybridized carbons (Fsp3) is 0.471. The number of rotatable bonds is 3. The topological polar surface area (TPSA) is 24.9 Å². The highest BCUT2D eigenvalue weighted by molar-refractivity contribution is 9.10. The van der Waals surface area contributed by atoms with Crippen LogP contribution in [0.5, 0.6) is 0 Å². The average molecular weight is 333 g/mol. The van der Waals surface area contributed by atoms with E-state index in [-0.39, 0.29) is 0 Å². The highest BCUT2D eigenvalue weighted by Gasteiger charge is 2.21. The Hall–Kier alpha value is -1.09. The van der Waals surface area contributed by atoms with Crippen LogP contribution in [0.15, 0.2) is 34.9 Å². The minimum atomic E-state index is 0.575. The molecule has 106 valence electrons. The highest BCUT2D eigenvalue weighted by Crippen LogP contribution is 2.31. The Morgan fingerprint density at radius 1 is 1.25 bits per heavy atom. The molecule has 0 bridgehead atoms. The van der Waals surface area contributed by atoms with Gasteiger partial charge in [-0.05, 0) is 30.9 Å². The summed E-state index contributed by atoms with van der Waals surface area (Å²) in [7, 11) is 0. The summed E-state index contributed by atoms with van der Waals surface area (Å²) in [6, 6.07) is 8.95. The summed E-state index contributed by atoms with van der Waals surface area (Å²) in [5.74, 6) is 1.91. The fourth-order valence-electron chi connectivity index (χ4n) is 3.27. The van der Waals surface area contributed by atoms with Gasteiger partial charge in [0.05, 0.1) is 0 Å². The molecule has 0 saturated heterocycles. The van der Waals surface area contributed by atoms with Gasteiger partial charge in [0.15, 0.2) is 0 Å². The number of hydrogen-bond acceptors (Lipinski definition) is 2. The van der Waals surface area contributed by atoms with Crippen molar-refractivity contribution in [3.8, 4) is 0 Å². The molecule has 1 aromatic carbocycles. The Bertz CT molecular complexity index is 597. The summed E-state index contributed by atoms with van der Waals surface area (Å²) >= 11 is 3.62. The van der Waals surface area contributed by atoms with E-state index in [4.69, 9.17) is 0 Å². The van der Waals surface area contributed by atoms with Crippen LogP contribution in [0.3, 0.4) is 0 Å².